The van der Waals surface area contributed by atoms with Gasteiger partial charge in [-0.25, -0.2) is 4.98 Å². The number of rotatable bonds is 4. The van der Waals surface area contributed by atoms with Gasteiger partial charge in [0.05, 0.1) is 11.1 Å². The van der Waals surface area contributed by atoms with E-state index < -0.39 is 0 Å². The highest BCUT2D eigenvalue weighted by molar-refractivity contribution is 7.09. The van der Waals surface area contributed by atoms with Crippen LogP contribution in [0.5, 0.6) is 0 Å². The Morgan fingerprint density at radius 2 is 2.29 bits per heavy atom. The van der Waals surface area contributed by atoms with E-state index in [1.165, 1.54) is 0 Å². The second-order valence-corrected chi connectivity index (χ2v) is 5.39. The van der Waals surface area contributed by atoms with Crippen molar-refractivity contribution in [3.05, 3.63) is 16.6 Å². The molecule has 3 nitrogen and oxygen atoms in total. The summed E-state index contributed by atoms with van der Waals surface area (Å²) in [5.74, 6) is 0. The Bertz CT molecular complexity index is 254. The van der Waals surface area contributed by atoms with Crippen LogP contribution >= 0.6 is 11.3 Å². The molecule has 1 unspecified atom stereocenters. The molecule has 0 saturated heterocycles. The van der Waals surface area contributed by atoms with Gasteiger partial charge >= 0.3 is 0 Å². The number of aromatic nitrogens is 1. The number of aliphatic hydroxyl groups is 1. The van der Waals surface area contributed by atoms with Crippen LogP contribution in [0, 0.1) is 0 Å². The molecule has 0 fully saturated rings. The molecule has 0 spiro atoms. The second-order valence-electron chi connectivity index (χ2n) is 4.41. The normalized spacial score (nSPS) is 14.3. The van der Waals surface area contributed by atoms with E-state index in [1.54, 1.807) is 17.5 Å². The van der Waals surface area contributed by atoms with E-state index >= 15 is 0 Å². The Kier molecular flexibility index (Phi) is 4.04. The summed E-state index contributed by atoms with van der Waals surface area (Å²) >= 11 is 1.59. The molecule has 0 amide bonds. The third kappa shape index (κ3) is 4.69. The predicted molar refractivity (Wildman–Crippen MR) is 59.6 cm³/mol. The smallest absolute Gasteiger partial charge is 0.0951 e. The zero-order chi connectivity index (χ0) is 10.6. The first-order valence-corrected chi connectivity index (χ1v) is 5.67. The van der Waals surface area contributed by atoms with Crippen LogP contribution in [-0.4, -0.2) is 28.3 Å². The van der Waals surface area contributed by atoms with Gasteiger partial charge in [-0.2, -0.15) is 0 Å². The Hall–Kier alpha value is -0.450. The number of β-amino-alcohol motifs (C(OH)–C–C–N with tert-alkyl or cyclic N) is 1. The predicted octanol–water partition coefficient (Wildman–Crippen LogP) is 1.43. The molecule has 80 valence electrons. The molecule has 1 heterocycles. The van der Waals surface area contributed by atoms with Crippen molar-refractivity contribution in [2.75, 3.05) is 6.54 Å². The summed E-state index contributed by atoms with van der Waals surface area (Å²) in [5, 5.41) is 15.9. The molecule has 2 N–H and O–H groups in total. The van der Waals surface area contributed by atoms with Crippen LogP contribution in [0.25, 0.3) is 0 Å². The van der Waals surface area contributed by atoms with E-state index in [-0.39, 0.29) is 11.6 Å². The fourth-order valence-corrected chi connectivity index (χ4v) is 1.74. The average molecular weight is 214 g/mol. The minimum atomic E-state index is -0.347. The summed E-state index contributed by atoms with van der Waals surface area (Å²) < 4.78 is 0. The summed E-state index contributed by atoms with van der Waals surface area (Å²) in [6.45, 7) is 6.87. The fourth-order valence-electron chi connectivity index (χ4n) is 1.05. The lowest BCUT2D eigenvalue weighted by molar-refractivity contribution is 0.161. The molecule has 4 heteroatoms. The Morgan fingerprint density at radius 1 is 1.57 bits per heavy atom. The van der Waals surface area contributed by atoms with Crippen molar-refractivity contribution in [3.8, 4) is 0 Å². The van der Waals surface area contributed by atoms with Gasteiger partial charge in [0.15, 0.2) is 0 Å². The molecular formula is C10H18N2OS. The van der Waals surface area contributed by atoms with Crippen molar-refractivity contribution < 1.29 is 5.11 Å². The van der Waals surface area contributed by atoms with Gasteiger partial charge < -0.3 is 10.4 Å². The third-order valence-electron chi connectivity index (χ3n) is 1.76. The maximum atomic E-state index is 9.69. The molecule has 1 aromatic rings. The molecule has 14 heavy (non-hydrogen) atoms. The Labute approximate surface area is 89.2 Å². The van der Waals surface area contributed by atoms with Crippen LogP contribution in [0.2, 0.25) is 0 Å². The van der Waals surface area contributed by atoms with Crippen LogP contribution in [0.4, 0.5) is 0 Å². The van der Waals surface area contributed by atoms with E-state index in [1.807, 2.05) is 5.38 Å². The first-order valence-electron chi connectivity index (χ1n) is 4.79. The first kappa shape index (κ1) is 11.6. The SMILES string of the molecule is CC(C)(C)NCC(O)Cc1nccs1. The lowest BCUT2D eigenvalue weighted by Gasteiger charge is -2.22. The van der Waals surface area contributed by atoms with Gasteiger partial charge in [-0.1, -0.05) is 0 Å². The molecule has 0 aliphatic carbocycles. The number of hydrogen-bond donors (Lipinski definition) is 2. The number of hydrogen-bond acceptors (Lipinski definition) is 4. The van der Waals surface area contributed by atoms with E-state index in [9.17, 15) is 5.11 Å². The van der Waals surface area contributed by atoms with E-state index in [2.05, 4.69) is 31.1 Å². The van der Waals surface area contributed by atoms with Gasteiger partial charge in [-0.05, 0) is 20.8 Å². The molecule has 0 aliphatic rings. The lowest BCUT2D eigenvalue weighted by Crippen LogP contribution is -2.41. The maximum absolute atomic E-state index is 9.69. The molecule has 0 aromatic carbocycles. The van der Waals surface area contributed by atoms with Crippen molar-refractivity contribution in [2.45, 2.75) is 38.8 Å². The van der Waals surface area contributed by atoms with Gasteiger partial charge in [0.1, 0.15) is 0 Å². The molecule has 1 aromatic heterocycles. The van der Waals surface area contributed by atoms with Crippen LogP contribution < -0.4 is 5.32 Å². The average Bonchev–Trinajstić information content (AvgIpc) is 2.52. The van der Waals surface area contributed by atoms with Gasteiger partial charge in [0.2, 0.25) is 0 Å². The lowest BCUT2D eigenvalue weighted by atomic mass is 10.1. The van der Waals surface area contributed by atoms with Gasteiger partial charge in [-0.15, -0.1) is 11.3 Å². The van der Waals surface area contributed by atoms with E-state index in [4.69, 9.17) is 0 Å². The molecule has 0 radical (unpaired) electrons. The highest BCUT2D eigenvalue weighted by Crippen LogP contribution is 2.07. The monoisotopic (exact) mass is 214 g/mol. The standard InChI is InChI=1S/C10H18N2OS/c1-10(2,3)12-7-8(13)6-9-11-4-5-14-9/h4-5,8,12-13H,6-7H2,1-3H3. The minimum absolute atomic E-state index is 0.0594. The molecular weight excluding hydrogens is 196 g/mol. The highest BCUT2D eigenvalue weighted by atomic mass is 32.1. The second kappa shape index (κ2) is 4.87. The van der Waals surface area contributed by atoms with Crippen molar-refractivity contribution in [1.82, 2.24) is 10.3 Å². The number of nitrogens with zero attached hydrogens (tertiary/aromatic N) is 1. The van der Waals surface area contributed by atoms with Crippen molar-refractivity contribution in [3.63, 3.8) is 0 Å². The van der Waals surface area contributed by atoms with Gasteiger partial charge in [-0.3, -0.25) is 0 Å². The van der Waals surface area contributed by atoms with Crippen LogP contribution in [0.3, 0.4) is 0 Å². The molecule has 0 bridgehead atoms. The topological polar surface area (TPSA) is 45.1 Å². The van der Waals surface area contributed by atoms with Gasteiger partial charge in [0.25, 0.3) is 0 Å². The van der Waals surface area contributed by atoms with Crippen LogP contribution in [-0.2, 0) is 6.42 Å². The number of nitrogens with one attached hydrogen (secondary N) is 1. The van der Waals surface area contributed by atoms with Gasteiger partial charge in [0, 0.05) is 30.1 Å². The third-order valence-corrected chi connectivity index (χ3v) is 2.56. The molecule has 1 atom stereocenters. The Balaban J connectivity index is 2.26. The summed E-state index contributed by atoms with van der Waals surface area (Å²) in [6.07, 6.45) is 2.06. The zero-order valence-electron chi connectivity index (χ0n) is 8.95. The van der Waals surface area contributed by atoms with Crippen molar-refractivity contribution in [1.29, 1.82) is 0 Å². The summed E-state index contributed by atoms with van der Waals surface area (Å²) in [7, 11) is 0. The number of aliphatic hydroxyl groups excluding tert-OH is 1. The fraction of sp³-hybridized carbons (Fsp3) is 0.700. The van der Waals surface area contributed by atoms with Crippen LogP contribution in [0.15, 0.2) is 11.6 Å². The summed E-state index contributed by atoms with van der Waals surface area (Å²) in [5.41, 5.74) is 0.0594. The van der Waals surface area contributed by atoms with E-state index in [0.717, 1.165) is 5.01 Å². The highest BCUT2D eigenvalue weighted by Gasteiger charge is 2.13. The minimum Gasteiger partial charge on any atom is -0.391 e. The largest absolute Gasteiger partial charge is 0.391 e. The van der Waals surface area contributed by atoms with Crippen molar-refractivity contribution in [2.24, 2.45) is 0 Å². The maximum Gasteiger partial charge on any atom is 0.0951 e. The van der Waals surface area contributed by atoms with Crippen LogP contribution in [0.1, 0.15) is 25.8 Å². The summed E-state index contributed by atoms with van der Waals surface area (Å²) in [4.78, 5) is 4.13. The van der Waals surface area contributed by atoms with Crippen molar-refractivity contribution >= 4 is 11.3 Å². The quantitative estimate of drug-likeness (QED) is 0.797. The molecule has 0 saturated carbocycles. The zero-order valence-corrected chi connectivity index (χ0v) is 9.77. The Morgan fingerprint density at radius 3 is 2.79 bits per heavy atom. The molecule has 1 rings (SSSR count). The number of thiazole rings is 1. The first-order chi connectivity index (χ1) is 6.47. The molecule has 0 aliphatic heterocycles. The summed E-state index contributed by atoms with van der Waals surface area (Å²) in [6, 6.07) is 0. The van der Waals surface area contributed by atoms with E-state index in [0.29, 0.717) is 13.0 Å².